The normalized spacial score (nSPS) is 21.7. The SMILES string of the molecule is CC(=O)N1CCCN(C(=O)[C@H]2CC(c3ccc(Cl)s3)=NO2)CC1. The van der Waals surface area contributed by atoms with Crippen molar-refractivity contribution < 1.29 is 14.4 Å². The van der Waals surface area contributed by atoms with Gasteiger partial charge in [0.2, 0.25) is 12.0 Å². The highest BCUT2D eigenvalue weighted by atomic mass is 35.5. The van der Waals surface area contributed by atoms with Crippen LogP contribution in [0.5, 0.6) is 0 Å². The molecule has 124 valence electrons. The fourth-order valence-electron chi connectivity index (χ4n) is 2.78. The summed E-state index contributed by atoms with van der Waals surface area (Å²) in [5.41, 5.74) is 0.764. The van der Waals surface area contributed by atoms with Gasteiger partial charge in [0.25, 0.3) is 5.91 Å². The molecule has 1 atom stereocenters. The van der Waals surface area contributed by atoms with Gasteiger partial charge in [-0.25, -0.2) is 0 Å². The van der Waals surface area contributed by atoms with E-state index in [1.54, 1.807) is 16.7 Å². The summed E-state index contributed by atoms with van der Waals surface area (Å²) < 4.78 is 0.689. The fraction of sp³-hybridized carbons (Fsp3) is 0.533. The highest BCUT2D eigenvalue weighted by Crippen LogP contribution is 2.27. The predicted octanol–water partition coefficient (Wildman–Crippen LogP) is 1.98. The second-order valence-electron chi connectivity index (χ2n) is 5.62. The summed E-state index contributed by atoms with van der Waals surface area (Å²) in [5, 5.41) is 4.04. The van der Waals surface area contributed by atoms with Crippen molar-refractivity contribution >= 4 is 40.5 Å². The smallest absolute Gasteiger partial charge is 0.266 e. The van der Waals surface area contributed by atoms with Crippen LogP contribution in [0.1, 0.15) is 24.6 Å². The van der Waals surface area contributed by atoms with Crippen molar-refractivity contribution in [2.45, 2.75) is 25.9 Å². The van der Waals surface area contributed by atoms with Crippen LogP contribution in [0.15, 0.2) is 17.3 Å². The lowest BCUT2D eigenvalue weighted by molar-refractivity contribution is -0.142. The first-order valence-electron chi connectivity index (χ1n) is 7.57. The molecule has 6 nitrogen and oxygen atoms in total. The van der Waals surface area contributed by atoms with Gasteiger partial charge in [-0.2, -0.15) is 0 Å². The topological polar surface area (TPSA) is 62.2 Å². The van der Waals surface area contributed by atoms with Gasteiger partial charge in [-0.1, -0.05) is 16.8 Å². The van der Waals surface area contributed by atoms with Gasteiger partial charge >= 0.3 is 0 Å². The van der Waals surface area contributed by atoms with E-state index in [1.165, 1.54) is 11.3 Å². The Balaban J connectivity index is 1.58. The van der Waals surface area contributed by atoms with E-state index in [4.69, 9.17) is 16.4 Å². The van der Waals surface area contributed by atoms with E-state index in [0.717, 1.165) is 17.0 Å². The average molecular weight is 356 g/mol. The van der Waals surface area contributed by atoms with Crippen LogP contribution >= 0.6 is 22.9 Å². The molecule has 8 heteroatoms. The molecule has 0 bridgehead atoms. The molecule has 1 saturated heterocycles. The molecular formula is C15H18ClN3O3S. The van der Waals surface area contributed by atoms with Gasteiger partial charge in [-0.3, -0.25) is 9.59 Å². The number of rotatable bonds is 2. The Bertz CT molecular complexity index is 646. The van der Waals surface area contributed by atoms with Crippen LogP contribution in [-0.2, 0) is 14.4 Å². The number of carbonyl (C=O) groups excluding carboxylic acids is 2. The van der Waals surface area contributed by atoms with E-state index in [1.807, 2.05) is 12.1 Å². The van der Waals surface area contributed by atoms with Crippen LogP contribution in [0.25, 0.3) is 0 Å². The summed E-state index contributed by atoms with van der Waals surface area (Å²) in [4.78, 5) is 33.9. The van der Waals surface area contributed by atoms with E-state index in [0.29, 0.717) is 36.9 Å². The summed E-state index contributed by atoms with van der Waals surface area (Å²) in [7, 11) is 0. The molecule has 3 rings (SSSR count). The lowest BCUT2D eigenvalue weighted by Gasteiger charge is -2.23. The minimum Gasteiger partial charge on any atom is -0.382 e. The van der Waals surface area contributed by atoms with E-state index in [2.05, 4.69) is 5.16 Å². The minimum absolute atomic E-state index is 0.0524. The Kier molecular flexibility index (Phi) is 4.87. The number of hydrogen-bond donors (Lipinski definition) is 0. The van der Waals surface area contributed by atoms with Crippen molar-refractivity contribution in [1.29, 1.82) is 0 Å². The number of amides is 2. The summed E-state index contributed by atoms with van der Waals surface area (Å²) in [5.74, 6) is -0.00610. The number of carbonyl (C=O) groups is 2. The maximum absolute atomic E-state index is 12.6. The average Bonchev–Trinajstić information content (AvgIpc) is 3.09. The van der Waals surface area contributed by atoms with E-state index in [-0.39, 0.29) is 11.8 Å². The summed E-state index contributed by atoms with van der Waals surface area (Å²) >= 11 is 7.36. The number of oxime groups is 1. The Morgan fingerprint density at radius 1 is 1.26 bits per heavy atom. The van der Waals surface area contributed by atoms with Crippen LogP contribution in [0, 0.1) is 0 Å². The second kappa shape index (κ2) is 6.88. The predicted molar refractivity (Wildman–Crippen MR) is 88.8 cm³/mol. The van der Waals surface area contributed by atoms with Crippen LogP contribution < -0.4 is 0 Å². The molecule has 0 unspecified atom stereocenters. The largest absolute Gasteiger partial charge is 0.382 e. The molecule has 2 amide bonds. The monoisotopic (exact) mass is 355 g/mol. The van der Waals surface area contributed by atoms with Crippen LogP contribution in [0.3, 0.4) is 0 Å². The van der Waals surface area contributed by atoms with Crippen molar-refractivity contribution in [3.8, 4) is 0 Å². The third-order valence-corrected chi connectivity index (χ3v) is 5.33. The molecule has 1 fully saturated rings. The zero-order valence-corrected chi connectivity index (χ0v) is 14.4. The molecule has 2 aliphatic heterocycles. The van der Waals surface area contributed by atoms with Gasteiger partial charge < -0.3 is 14.6 Å². The summed E-state index contributed by atoms with van der Waals surface area (Å²) in [6.07, 6.45) is 0.671. The van der Waals surface area contributed by atoms with E-state index < -0.39 is 6.10 Å². The molecule has 0 saturated carbocycles. The summed E-state index contributed by atoms with van der Waals surface area (Å²) in [6, 6.07) is 3.70. The van der Waals surface area contributed by atoms with Gasteiger partial charge in [-0.05, 0) is 18.6 Å². The van der Waals surface area contributed by atoms with Crippen LogP contribution in [0.4, 0.5) is 0 Å². The molecule has 23 heavy (non-hydrogen) atoms. The zero-order valence-electron chi connectivity index (χ0n) is 12.8. The quantitative estimate of drug-likeness (QED) is 0.814. The van der Waals surface area contributed by atoms with Gasteiger partial charge in [0.05, 0.1) is 9.21 Å². The maximum Gasteiger partial charge on any atom is 0.266 e. The van der Waals surface area contributed by atoms with Crippen LogP contribution in [-0.4, -0.2) is 59.6 Å². The molecule has 0 radical (unpaired) electrons. The molecule has 0 aromatic carbocycles. The van der Waals surface area contributed by atoms with Gasteiger partial charge in [0.15, 0.2) is 0 Å². The maximum atomic E-state index is 12.6. The van der Waals surface area contributed by atoms with Crippen molar-refractivity contribution in [2.24, 2.45) is 5.16 Å². The van der Waals surface area contributed by atoms with Crippen molar-refractivity contribution in [2.75, 3.05) is 26.2 Å². The number of thiophene rings is 1. The minimum atomic E-state index is -0.574. The lowest BCUT2D eigenvalue weighted by atomic mass is 10.1. The first-order chi connectivity index (χ1) is 11.0. The number of halogens is 1. The van der Waals surface area contributed by atoms with Crippen molar-refractivity contribution in [3.63, 3.8) is 0 Å². The first-order valence-corrected chi connectivity index (χ1v) is 8.77. The fourth-order valence-corrected chi connectivity index (χ4v) is 3.81. The van der Waals surface area contributed by atoms with Crippen molar-refractivity contribution in [3.05, 3.63) is 21.3 Å². The highest BCUT2D eigenvalue weighted by molar-refractivity contribution is 7.18. The lowest BCUT2D eigenvalue weighted by Crippen LogP contribution is -2.42. The highest BCUT2D eigenvalue weighted by Gasteiger charge is 2.33. The molecule has 1 aromatic heterocycles. The second-order valence-corrected chi connectivity index (χ2v) is 7.34. The number of hydrogen-bond acceptors (Lipinski definition) is 5. The molecule has 2 aliphatic rings. The standard InChI is InChI=1S/C15H18ClN3O3S/c1-10(20)18-5-2-6-19(8-7-18)15(21)12-9-11(17-22-12)13-3-4-14(16)23-13/h3-4,12H,2,5-9H2,1H3/t12-/m1/s1. The van der Waals surface area contributed by atoms with Gasteiger partial charge in [0, 0.05) is 39.5 Å². The zero-order chi connectivity index (χ0) is 16.4. The third kappa shape index (κ3) is 3.67. The van der Waals surface area contributed by atoms with E-state index in [9.17, 15) is 9.59 Å². The third-order valence-electron chi connectivity index (χ3n) is 4.05. The molecule has 0 spiro atoms. The van der Waals surface area contributed by atoms with Gasteiger partial charge in [-0.15, -0.1) is 11.3 Å². The molecule has 3 heterocycles. The molecule has 0 aliphatic carbocycles. The molecule has 1 aromatic rings. The van der Waals surface area contributed by atoms with Crippen molar-refractivity contribution in [1.82, 2.24) is 9.80 Å². The van der Waals surface area contributed by atoms with E-state index >= 15 is 0 Å². The Morgan fingerprint density at radius 2 is 2.00 bits per heavy atom. The molecule has 0 N–H and O–H groups in total. The van der Waals surface area contributed by atoms with Crippen LogP contribution in [0.2, 0.25) is 4.34 Å². The first kappa shape index (κ1) is 16.3. The Morgan fingerprint density at radius 3 is 2.70 bits per heavy atom. The Labute approximate surface area is 143 Å². The molecular weight excluding hydrogens is 338 g/mol. The Hall–Kier alpha value is -1.60. The van der Waals surface area contributed by atoms with Gasteiger partial charge in [0.1, 0.15) is 5.71 Å². The summed E-state index contributed by atoms with van der Waals surface area (Å²) in [6.45, 7) is 4.01. The number of nitrogens with zero attached hydrogens (tertiary/aromatic N) is 3.